The lowest BCUT2D eigenvalue weighted by Gasteiger charge is -2.04. The highest BCUT2D eigenvalue weighted by Crippen LogP contribution is 2.17. The van der Waals surface area contributed by atoms with Crippen LogP contribution in [0.1, 0.15) is 26.2 Å². The van der Waals surface area contributed by atoms with Crippen LogP contribution in [-0.4, -0.2) is 38.8 Å². The van der Waals surface area contributed by atoms with Crippen molar-refractivity contribution in [1.82, 2.24) is 25.8 Å². The van der Waals surface area contributed by atoms with Crippen LogP contribution in [0, 0.1) is 6.92 Å². The van der Waals surface area contributed by atoms with Crippen molar-refractivity contribution in [1.29, 1.82) is 0 Å². The Morgan fingerprint density at radius 3 is 2.86 bits per heavy atom. The Balaban J connectivity index is 1.73. The number of hydrogen-bond acceptors (Lipinski definition) is 7. The molecule has 9 nitrogen and oxygen atoms in total. The van der Waals surface area contributed by atoms with Crippen molar-refractivity contribution in [3.8, 4) is 0 Å². The predicted octanol–water partition coefficient (Wildman–Crippen LogP) is 0.575. The molecule has 0 fully saturated rings. The van der Waals surface area contributed by atoms with E-state index >= 15 is 0 Å². The molecule has 0 aliphatic rings. The second-order valence-corrected chi connectivity index (χ2v) is 5.12. The minimum atomic E-state index is -1.01. The summed E-state index contributed by atoms with van der Waals surface area (Å²) in [6.07, 6.45) is 1.68. The molecule has 0 aliphatic heterocycles. The maximum atomic E-state index is 11.5. The number of aryl methyl sites for hydroxylation is 1. The van der Waals surface area contributed by atoms with Crippen molar-refractivity contribution in [2.45, 2.75) is 19.9 Å². The predicted molar refractivity (Wildman–Crippen MR) is 72.1 cm³/mol. The molecular formula is C11H13N5O4S. The Labute approximate surface area is 123 Å². The molecule has 0 radical (unpaired) electrons. The fraction of sp³-hybridized carbons (Fsp3) is 0.364. The van der Waals surface area contributed by atoms with E-state index in [0.717, 1.165) is 11.3 Å². The van der Waals surface area contributed by atoms with Gasteiger partial charge in [-0.05, 0) is 6.92 Å². The van der Waals surface area contributed by atoms with Gasteiger partial charge in [0.25, 0.3) is 0 Å². The van der Waals surface area contributed by atoms with Crippen molar-refractivity contribution in [2.24, 2.45) is 0 Å². The summed E-state index contributed by atoms with van der Waals surface area (Å²) in [4.78, 5) is 30.5. The first-order valence-corrected chi connectivity index (χ1v) is 6.84. The molecule has 0 atom stereocenters. The highest BCUT2D eigenvalue weighted by atomic mass is 32.1. The molecule has 0 unspecified atom stereocenters. The van der Waals surface area contributed by atoms with Crippen LogP contribution in [0.5, 0.6) is 0 Å². The lowest BCUT2D eigenvalue weighted by atomic mass is 10.4. The highest BCUT2D eigenvalue weighted by molar-refractivity contribution is 7.13. The number of aromatic nitrogens is 3. The molecule has 3 N–H and O–H groups in total. The van der Waals surface area contributed by atoms with Crippen molar-refractivity contribution in [3.63, 3.8) is 0 Å². The fourth-order valence-electron chi connectivity index (χ4n) is 1.54. The van der Waals surface area contributed by atoms with Gasteiger partial charge in [0.15, 0.2) is 5.82 Å². The molecule has 2 heterocycles. The fourth-order valence-corrected chi connectivity index (χ4v) is 2.38. The average Bonchev–Trinajstić information content (AvgIpc) is 3.06. The highest BCUT2D eigenvalue weighted by Gasteiger charge is 2.14. The Bertz CT molecular complexity index is 625. The molecule has 21 heavy (non-hydrogen) atoms. The normalized spacial score (nSPS) is 10.3. The summed E-state index contributed by atoms with van der Waals surface area (Å²) in [5, 5.41) is 18.3. The Morgan fingerprint density at radius 2 is 2.24 bits per heavy atom. The molecule has 2 rings (SSSR count). The standard InChI is InChI=1S/C11H13N5O4S/c1-6-9(10(17)18)21-8(15-6)4-13-11(19)12-3-2-7-14-5-20-16-7/h5H,2-4H2,1H3,(H,17,18)(H2,12,13,19). The van der Waals surface area contributed by atoms with Gasteiger partial charge in [0.1, 0.15) is 9.88 Å². The quantitative estimate of drug-likeness (QED) is 0.711. The van der Waals surface area contributed by atoms with Gasteiger partial charge in [0.2, 0.25) is 6.39 Å². The molecule has 0 saturated carbocycles. The number of aromatic carboxylic acids is 1. The minimum absolute atomic E-state index is 0.173. The van der Waals surface area contributed by atoms with Crippen molar-refractivity contribution >= 4 is 23.3 Å². The van der Waals surface area contributed by atoms with Crippen LogP contribution >= 0.6 is 11.3 Å². The Kier molecular flexibility index (Phi) is 4.82. The summed E-state index contributed by atoms with van der Waals surface area (Å²) in [6, 6.07) is -0.372. The zero-order valence-electron chi connectivity index (χ0n) is 11.1. The number of thiazole rings is 1. The number of carboxylic acid groups (broad SMARTS) is 1. The Morgan fingerprint density at radius 1 is 1.43 bits per heavy atom. The number of amides is 2. The molecule has 0 aliphatic carbocycles. The number of carbonyl (C=O) groups is 2. The molecule has 2 aromatic heterocycles. The lowest BCUT2D eigenvalue weighted by molar-refractivity contribution is 0.0701. The van der Waals surface area contributed by atoms with Gasteiger partial charge in [-0.2, -0.15) is 4.98 Å². The van der Waals surface area contributed by atoms with Crippen molar-refractivity contribution < 1.29 is 19.2 Å². The van der Waals surface area contributed by atoms with Gasteiger partial charge in [-0.1, -0.05) is 5.16 Å². The molecule has 2 aromatic rings. The molecule has 0 aromatic carbocycles. The summed E-state index contributed by atoms with van der Waals surface area (Å²) in [7, 11) is 0. The monoisotopic (exact) mass is 311 g/mol. The SMILES string of the molecule is Cc1nc(CNC(=O)NCCc2ncon2)sc1C(=O)O. The number of carboxylic acids is 1. The van der Waals surface area contributed by atoms with Crippen LogP contribution in [-0.2, 0) is 13.0 Å². The average molecular weight is 311 g/mol. The van der Waals surface area contributed by atoms with Gasteiger partial charge in [-0.3, -0.25) is 0 Å². The van der Waals surface area contributed by atoms with E-state index < -0.39 is 5.97 Å². The maximum Gasteiger partial charge on any atom is 0.347 e. The summed E-state index contributed by atoms with van der Waals surface area (Å²) < 4.78 is 4.57. The van der Waals surface area contributed by atoms with Crippen LogP contribution in [0.3, 0.4) is 0 Å². The summed E-state index contributed by atoms with van der Waals surface area (Å²) in [5.41, 5.74) is 0.446. The van der Waals surface area contributed by atoms with E-state index in [0.29, 0.717) is 29.5 Å². The van der Waals surface area contributed by atoms with Gasteiger partial charge < -0.3 is 20.3 Å². The molecule has 0 spiro atoms. The van der Waals surface area contributed by atoms with E-state index in [1.54, 1.807) is 6.92 Å². The first kappa shape index (κ1) is 14.9. The van der Waals surface area contributed by atoms with Crippen molar-refractivity contribution in [2.75, 3.05) is 6.54 Å². The number of nitrogens with zero attached hydrogens (tertiary/aromatic N) is 3. The topological polar surface area (TPSA) is 130 Å². The van der Waals surface area contributed by atoms with E-state index in [4.69, 9.17) is 5.11 Å². The number of carbonyl (C=O) groups excluding carboxylic acids is 1. The summed E-state index contributed by atoms with van der Waals surface area (Å²) >= 11 is 1.05. The third-order valence-electron chi connectivity index (χ3n) is 2.48. The van der Waals surface area contributed by atoms with Gasteiger partial charge in [0, 0.05) is 13.0 Å². The van der Waals surface area contributed by atoms with E-state index in [2.05, 4.69) is 30.3 Å². The van der Waals surface area contributed by atoms with Gasteiger partial charge in [0.05, 0.1) is 12.2 Å². The third-order valence-corrected chi connectivity index (χ3v) is 3.62. The first-order valence-electron chi connectivity index (χ1n) is 6.03. The smallest absolute Gasteiger partial charge is 0.347 e. The van der Waals surface area contributed by atoms with Crippen LogP contribution in [0.25, 0.3) is 0 Å². The third kappa shape index (κ3) is 4.24. The molecule has 112 valence electrons. The Hall–Kier alpha value is -2.49. The molecule has 0 bridgehead atoms. The second-order valence-electron chi connectivity index (χ2n) is 4.03. The number of nitrogens with one attached hydrogen (secondary N) is 2. The van der Waals surface area contributed by atoms with Crippen LogP contribution < -0.4 is 10.6 Å². The van der Waals surface area contributed by atoms with E-state index in [1.807, 2.05) is 0 Å². The van der Waals surface area contributed by atoms with Crippen LogP contribution in [0.15, 0.2) is 10.9 Å². The number of urea groups is 1. The van der Waals surface area contributed by atoms with Crippen molar-refractivity contribution in [3.05, 3.63) is 27.8 Å². The van der Waals surface area contributed by atoms with E-state index in [-0.39, 0.29) is 17.5 Å². The maximum absolute atomic E-state index is 11.5. The molecule has 10 heteroatoms. The van der Waals surface area contributed by atoms with Gasteiger partial charge in [-0.15, -0.1) is 11.3 Å². The van der Waals surface area contributed by atoms with Crippen LogP contribution in [0.2, 0.25) is 0 Å². The summed E-state index contributed by atoms with van der Waals surface area (Å²) in [5.74, 6) is -0.502. The van der Waals surface area contributed by atoms with Gasteiger partial charge >= 0.3 is 12.0 Å². The minimum Gasteiger partial charge on any atom is -0.477 e. The zero-order chi connectivity index (χ0) is 15.2. The van der Waals surface area contributed by atoms with Gasteiger partial charge in [-0.25, -0.2) is 14.6 Å². The zero-order valence-corrected chi connectivity index (χ0v) is 11.9. The number of hydrogen-bond donors (Lipinski definition) is 3. The van der Waals surface area contributed by atoms with E-state index in [1.165, 1.54) is 6.39 Å². The second kappa shape index (κ2) is 6.79. The summed E-state index contributed by atoms with van der Waals surface area (Å²) in [6.45, 7) is 2.16. The molecular weight excluding hydrogens is 298 g/mol. The lowest BCUT2D eigenvalue weighted by Crippen LogP contribution is -2.36. The van der Waals surface area contributed by atoms with Crippen LogP contribution in [0.4, 0.5) is 4.79 Å². The van der Waals surface area contributed by atoms with E-state index in [9.17, 15) is 9.59 Å². The number of rotatable bonds is 6. The largest absolute Gasteiger partial charge is 0.477 e. The molecule has 0 saturated heterocycles. The first-order chi connectivity index (χ1) is 10.1. The molecule has 2 amide bonds.